The van der Waals surface area contributed by atoms with E-state index in [9.17, 15) is 19.5 Å². The van der Waals surface area contributed by atoms with Crippen LogP contribution in [0, 0.1) is 0 Å². The Hall–Kier alpha value is -3.61. The molecule has 0 bridgehead atoms. The number of carbonyl (C=O) groups is 3. The van der Waals surface area contributed by atoms with E-state index >= 15 is 0 Å². The van der Waals surface area contributed by atoms with Gasteiger partial charge in [0.25, 0.3) is 5.91 Å². The average molecular weight is 393 g/mol. The van der Waals surface area contributed by atoms with Gasteiger partial charge in [-0.3, -0.25) is 14.4 Å². The van der Waals surface area contributed by atoms with Crippen molar-refractivity contribution in [3.63, 3.8) is 0 Å². The zero-order valence-corrected chi connectivity index (χ0v) is 16.6. The Morgan fingerprint density at radius 1 is 0.966 bits per heavy atom. The van der Waals surface area contributed by atoms with Crippen LogP contribution in [0.25, 0.3) is 5.57 Å². The standard InChI is InChI=1S/C22H23N3O4/c1-4-24(5-2)17-10-12-18(13-11-17)25-21(28)19(20(27)22(25)29)15-6-8-16(9-7-15)23-14(3)26/h6-13,27H,4-5H2,1-3H3,(H,23,26). The average Bonchev–Trinajstić information content (AvgIpc) is 2.92. The molecule has 7 heteroatoms. The quantitative estimate of drug-likeness (QED) is 0.735. The first-order valence-corrected chi connectivity index (χ1v) is 9.42. The number of hydrogen-bond acceptors (Lipinski definition) is 5. The Morgan fingerprint density at radius 3 is 2.07 bits per heavy atom. The van der Waals surface area contributed by atoms with Crippen molar-refractivity contribution < 1.29 is 19.5 Å². The summed E-state index contributed by atoms with van der Waals surface area (Å²) in [7, 11) is 0. The summed E-state index contributed by atoms with van der Waals surface area (Å²) in [6.45, 7) is 7.19. The summed E-state index contributed by atoms with van der Waals surface area (Å²) in [6.07, 6.45) is 0. The molecule has 1 heterocycles. The highest BCUT2D eigenvalue weighted by Crippen LogP contribution is 2.33. The van der Waals surface area contributed by atoms with Crippen LogP contribution < -0.4 is 15.1 Å². The third-order valence-electron chi connectivity index (χ3n) is 4.79. The van der Waals surface area contributed by atoms with Crippen LogP contribution in [0.4, 0.5) is 17.1 Å². The van der Waals surface area contributed by atoms with Gasteiger partial charge in [-0.1, -0.05) is 12.1 Å². The van der Waals surface area contributed by atoms with E-state index < -0.39 is 17.6 Å². The minimum atomic E-state index is -0.758. The second-order valence-corrected chi connectivity index (χ2v) is 6.62. The fraction of sp³-hybridized carbons (Fsp3) is 0.227. The van der Waals surface area contributed by atoms with E-state index in [1.54, 1.807) is 36.4 Å². The molecule has 0 fully saturated rings. The molecule has 1 aliphatic heterocycles. The zero-order chi connectivity index (χ0) is 21.1. The molecule has 0 radical (unpaired) electrons. The van der Waals surface area contributed by atoms with Crippen molar-refractivity contribution in [1.82, 2.24) is 0 Å². The van der Waals surface area contributed by atoms with E-state index in [0.29, 0.717) is 16.9 Å². The van der Waals surface area contributed by atoms with Crippen LogP contribution in [0.2, 0.25) is 0 Å². The number of benzene rings is 2. The van der Waals surface area contributed by atoms with Gasteiger partial charge in [0.1, 0.15) is 0 Å². The molecule has 7 nitrogen and oxygen atoms in total. The molecule has 2 N–H and O–H groups in total. The topological polar surface area (TPSA) is 89.9 Å². The lowest BCUT2D eigenvalue weighted by Gasteiger charge is -2.22. The molecule has 2 aromatic rings. The number of amides is 3. The van der Waals surface area contributed by atoms with Gasteiger partial charge in [0.2, 0.25) is 5.91 Å². The second-order valence-electron chi connectivity index (χ2n) is 6.62. The Balaban J connectivity index is 1.87. The SMILES string of the molecule is CCN(CC)c1ccc(N2C(=O)C(O)=C(c3ccc(NC(C)=O)cc3)C2=O)cc1. The number of hydrogen-bond donors (Lipinski definition) is 2. The largest absolute Gasteiger partial charge is 0.502 e. The Kier molecular flexibility index (Phi) is 5.68. The van der Waals surface area contributed by atoms with Crippen LogP contribution >= 0.6 is 0 Å². The summed E-state index contributed by atoms with van der Waals surface area (Å²) in [5, 5.41) is 13.0. The maximum Gasteiger partial charge on any atom is 0.301 e. The van der Waals surface area contributed by atoms with Gasteiger partial charge in [-0.2, -0.15) is 0 Å². The van der Waals surface area contributed by atoms with E-state index in [-0.39, 0.29) is 11.5 Å². The Bertz CT molecular complexity index is 974. The molecule has 29 heavy (non-hydrogen) atoms. The molecule has 2 aromatic carbocycles. The lowest BCUT2D eigenvalue weighted by Crippen LogP contribution is -2.31. The van der Waals surface area contributed by atoms with Crippen molar-refractivity contribution in [2.45, 2.75) is 20.8 Å². The number of aliphatic hydroxyl groups is 1. The maximum absolute atomic E-state index is 12.9. The fourth-order valence-electron chi connectivity index (χ4n) is 3.34. The van der Waals surface area contributed by atoms with Crippen molar-refractivity contribution in [3.8, 4) is 0 Å². The number of nitrogens with one attached hydrogen (secondary N) is 1. The molecule has 0 saturated carbocycles. The summed E-state index contributed by atoms with van der Waals surface area (Å²) < 4.78 is 0. The van der Waals surface area contributed by atoms with Crippen LogP contribution in [-0.4, -0.2) is 35.9 Å². The number of anilines is 3. The zero-order valence-electron chi connectivity index (χ0n) is 16.6. The van der Waals surface area contributed by atoms with Gasteiger partial charge in [-0.05, 0) is 55.8 Å². The van der Waals surface area contributed by atoms with Gasteiger partial charge >= 0.3 is 5.91 Å². The van der Waals surface area contributed by atoms with Gasteiger partial charge in [-0.25, -0.2) is 4.90 Å². The summed E-state index contributed by atoms with van der Waals surface area (Å²) in [5.41, 5.74) is 2.28. The predicted octanol–water partition coefficient (Wildman–Crippen LogP) is 3.33. The van der Waals surface area contributed by atoms with Gasteiger partial charge in [0.15, 0.2) is 5.76 Å². The molecule has 150 valence electrons. The molecule has 0 atom stereocenters. The molecular formula is C22H23N3O4. The fourth-order valence-corrected chi connectivity index (χ4v) is 3.34. The highest BCUT2D eigenvalue weighted by Gasteiger charge is 2.40. The molecule has 0 saturated heterocycles. The highest BCUT2D eigenvalue weighted by molar-refractivity contribution is 6.44. The van der Waals surface area contributed by atoms with Crippen LogP contribution in [0.5, 0.6) is 0 Å². The molecule has 0 aromatic heterocycles. The summed E-state index contributed by atoms with van der Waals surface area (Å²) in [5.74, 6) is -2.15. The number of rotatable bonds is 6. The lowest BCUT2D eigenvalue weighted by molar-refractivity contribution is -0.121. The first kappa shape index (κ1) is 20.1. The van der Waals surface area contributed by atoms with Crippen LogP contribution in [0.1, 0.15) is 26.3 Å². The molecule has 3 amide bonds. The van der Waals surface area contributed by atoms with E-state index in [4.69, 9.17) is 0 Å². The van der Waals surface area contributed by atoms with E-state index in [1.807, 2.05) is 12.1 Å². The summed E-state index contributed by atoms with van der Waals surface area (Å²) in [6, 6.07) is 13.5. The third-order valence-corrected chi connectivity index (χ3v) is 4.79. The summed E-state index contributed by atoms with van der Waals surface area (Å²) in [4.78, 5) is 39.8. The van der Waals surface area contributed by atoms with Gasteiger partial charge in [0, 0.05) is 31.4 Å². The number of nitrogens with zero attached hydrogens (tertiary/aromatic N) is 2. The molecule has 3 rings (SSSR count). The third kappa shape index (κ3) is 3.85. The van der Waals surface area contributed by atoms with Crippen molar-refractivity contribution in [1.29, 1.82) is 0 Å². The van der Waals surface area contributed by atoms with Gasteiger partial charge in [0.05, 0.1) is 11.3 Å². The molecule has 0 unspecified atom stereocenters. The van der Waals surface area contributed by atoms with E-state index in [0.717, 1.165) is 23.7 Å². The van der Waals surface area contributed by atoms with E-state index in [1.165, 1.54) is 6.92 Å². The second kappa shape index (κ2) is 8.18. The first-order valence-electron chi connectivity index (χ1n) is 9.42. The lowest BCUT2D eigenvalue weighted by atomic mass is 10.1. The Labute approximate surface area is 169 Å². The number of imide groups is 1. The highest BCUT2D eigenvalue weighted by atomic mass is 16.3. The van der Waals surface area contributed by atoms with Crippen LogP contribution in [-0.2, 0) is 14.4 Å². The summed E-state index contributed by atoms with van der Waals surface area (Å²) >= 11 is 0. The molecular weight excluding hydrogens is 370 g/mol. The minimum absolute atomic E-state index is 0.0582. The van der Waals surface area contributed by atoms with Crippen molar-refractivity contribution >= 4 is 40.4 Å². The predicted molar refractivity (Wildman–Crippen MR) is 113 cm³/mol. The smallest absolute Gasteiger partial charge is 0.301 e. The molecule has 1 aliphatic rings. The molecule has 0 aliphatic carbocycles. The molecule has 0 spiro atoms. The van der Waals surface area contributed by atoms with E-state index in [2.05, 4.69) is 24.1 Å². The monoisotopic (exact) mass is 393 g/mol. The minimum Gasteiger partial charge on any atom is -0.502 e. The normalized spacial score (nSPS) is 13.8. The van der Waals surface area contributed by atoms with Gasteiger partial charge < -0.3 is 15.3 Å². The first-order chi connectivity index (χ1) is 13.9. The van der Waals surface area contributed by atoms with Crippen LogP contribution in [0.3, 0.4) is 0 Å². The van der Waals surface area contributed by atoms with Crippen LogP contribution in [0.15, 0.2) is 54.3 Å². The maximum atomic E-state index is 12.9. The van der Waals surface area contributed by atoms with Crippen molar-refractivity contribution in [3.05, 3.63) is 59.9 Å². The van der Waals surface area contributed by atoms with Crippen molar-refractivity contribution in [2.24, 2.45) is 0 Å². The van der Waals surface area contributed by atoms with Gasteiger partial charge in [-0.15, -0.1) is 0 Å². The number of aliphatic hydroxyl groups excluding tert-OH is 1. The van der Waals surface area contributed by atoms with Crippen molar-refractivity contribution in [2.75, 3.05) is 28.2 Å². The number of carbonyl (C=O) groups excluding carboxylic acids is 3. The Morgan fingerprint density at radius 2 is 1.55 bits per heavy atom.